The maximum Gasteiger partial charge on any atom is 0.252 e. The molecule has 0 saturated carbocycles. The highest BCUT2D eigenvalue weighted by Gasteiger charge is 2.28. The standard InChI is InChI=1S/C18H15ClN4OS/c1-11-22-17-15(16(25-11)14-3-2-8-20-18(14)24)9-21-23(17)10-12-4-6-13(19)7-5-12/h2-9,16H,10H2,1H3,(H,20,24)/t16-/m1/s1. The number of H-pyrrole nitrogens is 1. The summed E-state index contributed by atoms with van der Waals surface area (Å²) in [5, 5.41) is 6.03. The summed E-state index contributed by atoms with van der Waals surface area (Å²) in [4.78, 5) is 19.6. The highest BCUT2D eigenvalue weighted by molar-refractivity contribution is 8.14. The molecule has 1 N–H and O–H groups in total. The second-order valence-corrected chi connectivity index (χ2v) is 7.53. The van der Waals surface area contributed by atoms with Crippen molar-refractivity contribution in [2.24, 2.45) is 4.99 Å². The minimum absolute atomic E-state index is 0.0777. The SMILES string of the molecule is CC1=Nc2c(cnn2Cc2ccc(Cl)cc2)[C@@H](c2ccc[nH]c2=O)S1. The van der Waals surface area contributed by atoms with E-state index in [1.54, 1.807) is 18.0 Å². The van der Waals surface area contributed by atoms with Crippen molar-refractivity contribution in [2.45, 2.75) is 18.7 Å². The van der Waals surface area contributed by atoms with Gasteiger partial charge in [-0.15, -0.1) is 0 Å². The molecule has 1 aliphatic heterocycles. The summed E-state index contributed by atoms with van der Waals surface area (Å²) in [6.45, 7) is 2.56. The van der Waals surface area contributed by atoms with Gasteiger partial charge in [-0.1, -0.05) is 41.6 Å². The minimum atomic E-state index is -0.101. The van der Waals surface area contributed by atoms with Crippen molar-refractivity contribution in [3.8, 4) is 0 Å². The summed E-state index contributed by atoms with van der Waals surface area (Å²) in [7, 11) is 0. The van der Waals surface area contributed by atoms with Crippen molar-refractivity contribution in [3.05, 3.63) is 80.9 Å². The number of thioether (sulfide) groups is 1. The summed E-state index contributed by atoms with van der Waals surface area (Å²) < 4.78 is 1.87. The third-order valence-corrected chi connectivity index (χ3v) is 5.48. The average Bonchev–Trinajstić information content (AvgIpc) is 2.99. The molecule has 3 heterocycles. The number of halogens is 1. The molecular formula is C18H15ClN4OS. The van der Waals surface area contributed by atoms with Gasteiger partial charge in [-0.25, -0.2) is 9.67 Å². The monoisotopic (exact) mass is 370 g/mol. The van der Waals surface area contributed by atoms with E-state index in [9.17, 15) is 4.79 Å². The van der Waals surface area contributed by atoms with Crippen LogP contribution in [0.5, 0.6) is 0 Å². The van der Waals surface area contributed by atoms with Crippen LogP contribution in [0.15, 0.2) is 58.6 Å². The smallest absolute Gasteiger partial charge is 0.252 e. The predicted molar refractivity (Wildman–Crippen MR) is 102 cm³/mol. The maximum atomic E-state index is 12.2. The van der Waals surface area contributed by atoms with Crippen LogP contribution in [0.3, 0.4) is 0 Å². The van der Waals surface area contributed by atoms with Crippen LogP contribution in [0.25, 0.3) is 0 Å². The minimum Gasteiger partial charge on any atom is -0.329 e. The number of aromatic amines is 1. The molecule has 5 nitrogen and oxygen atoms in total. The Morgan fingerprint density at radius 2 is 2.04 bits per heavy atom. The summed E-state index contributed by atoms with van der Waals surface area (Å²) >= 11 is 7.53. The van der Waals surface area contributed by atoms with Gasteiger partial charge in [-0.3, -0.25) is 4.79 Å². The number of hydrogen-bond donors (Lipinski definition) is 1. The molecule has 0 fully saturated rings. The molecule has 0 amide bonds. The average molecular weight is 371 g/mol. The lowest BCUT2D eigenvalue weighted by Gasteiger charge is -2.20. The molecule has 0 aliphatic carbocycles. The Balaban J connectivity index is 1.74. The molecule has 0 radical (unpaired) electrons. The van der Waals surface area contributed by atoms with Crippen LogP contribution in [0.4, 0.5) is 5.82 Å². The lowest BCUT2D eigenvalue weighted by molar-refractivity contribution is 0.690. The second kappa shape index (κ2) is 6.54. The lowest BCUT2D eigenvalue weighted by atomic mass is 10.1. The van der Waals surface area contributed by atoms with E-state index in [0.717, 1.165) is 22.0 Å². The number of benzene rings is 1. The molecule has 1 aliphatic rings. The molecule has 0 unspecified atom stereocenters. The molecule has 1 atom stereocenters. The molecule has 7 heteroatoms. The van der Waals surface area contributed by atoms with E-state index in [-0.39, 0.29) is 10.8 Å². The summed E-state index contributed by atoms with van der Waals surface area (Å²) in [6, 6.07) is 11.4. The van der Waals surface area contributed by atoms with Crippen molar-refractivity contribution >= 4 is 34.2 Å². The van der Waals surface area contributed by atoms with E-state index in [2.05, 4.69) is 15.1 Å². The zero-order valence-corrected chi connectivity index (χ0v) is 15.0. The van der Waals surface area contributed by atoms with Crippen LogP contribution in [0, 0.1) is 0 Å². The van der Waals surface area contributed by atoms with Crippen LogP contribution < -0.4 is 5.56 Å². The zero-order valence-electron chi connectivity index (χ0n) is 13.4. The van der Waals surface area contributed by atoms with Gasteiger partial charge < -0.3 is 4.98 Å². The molecule has 2 aromatic heterocycles. The third-order valence-electron chi connectivity index (χ3n) is 4.05. The second-order valence-electron chi connectivity index (χ2n) is 5.79. The third kappa shape index (κ3) is 3.15. The summed E-state index contributed by atoms with van der Waals surface area (Å²) in [6.07, 6.45) is 3.45. The Labute approximate surface area is 153 Å². The number of rotatable bonds is 3. The van der Waals surface area contributed by atoms with Crippen molar-refractivity contribution in [1.29, 1.82) is 0 Å². The van der Waals surface area contributed by atoms with Crippen LogP contribution in [-0.4, -0.2) is 19.8 Å². The molecule has 126 valence electrons. The number of nitrogens with one attached hydrogen (secondary N) is 1. The van der Waals surface area contributed by atoms with E-state index < -0.39 is 0 Å². The molecule has 0 bridgehead atoms. The molecule has 3 aromatic rings. The van der Waals surface area contributed by atoms with Crippen molar-refractivity contribution < 1.29 is 0 Å². The normalized spacial score (nSPS) is 16.4. The molecule has 25 heavy (non-hydrogen) atoms. The Hall–Kier alpha value is -2.31. The van der Waals surface area contributed by atoms with E-state index >= 15 is 0 Å². The first kappa shape index (κ1) is 16.2. The quantitative estimate of drug-likeness (QED) is 0.753. The van der Waals surface area contributed by atoms with Gasteiger partial charge in [0.05, 0.1) is 23.0 Å². The van der Waals surface area contributed by atoms with Gasteiger partial charge in [0.15, 0.2) is 5.82 Å². The number of fused-ring (bicyclic) bond motifs is 1. The Morgan fingerprint density at radius 3 is 2.80 bits per heavy atom. The Morgan fingerprint density at radius 1 is 1.24 bits per heavy atom. The molecule has 0 saturated heterocycles. The molecular weight excluding hydrogens is 356 g/mol. The van der Waals surface area contributed by atoms with Crippen LogP contribution in [-0.2, 0) is 6.54 Å². The van der Waals surface area contributed by atoms with Gasteiger partial charge >= 0.3 is 0 Å². The van der Waals surface area contributed by atoms with E-state index in [1.807, 2.05) is 54.2 Å². The Bertz CT molecular complexity index is 1010. The summed E-state index contributed by atoms with van der Waals surface area (Å²) in [5.74, 6) is 0.805. The van der Waals surface area contributed by atoms with Crippen molar-refractivity contribution in [3.63, 3.8) is 0 Å². The fraction of sp³-hybridized carbons (Fsp3) is 0.167. The zero-order chi connectivity index (χ0) is 17.4. The van der Waals surface area contributed by atoms with Crippen LogP contribution >= 0.6 is 23.4 Å². The lowest BCUT2D eigenvalue weighted by Crippen LogP contribution is -2.17. The molecule has 4 rings (SSSR count). The number of aliphatic imine (C=N–C) groups is 1. The first-order chi connectivity index (χ1) is 12.1. The van der Waals surface area contributed by atoms with E-state index in [1.165, 1.54) is 0 Å². The molecule has 0 spiro atoms. The largest absolute Gasteiger partial charge is 0.329 e. The van der Waals surface area contributed by atoms with Crippen molar-refractivity contribution in [1.82, 2.24) is 14.8 Å². The maximum absolute atomic E-state index is 12.2. The van der Waals surface area contributed by atoms with Gasteiger partial charge in [-0.05, 0) is 30.7 Å². The number of nitrogens with zero attached hydrogens (tertiary/aromatic N) is 3. The van der Waals surface area contributed by atoms with Gasteiger partial charge in [0, 0.05) is 22.3 Å². The summed E-state index contributed by atoms with van der Waals surface area (Å²) in [5.41, 5.74) is 2.69. The van der Waals surface area contributed by atoms with Crippen molar-refractivity contribution in [2.75, 3.05) is 0 Å². The number of aromatic nitrogens is 3. The fourth-order valence-electron chi connectivity index (χ4n) is 2.86. The number of hydrogen-bond acceptors (Lipinski definition) is 4. The van der Waals surface area contributed by atoms with Crippen LogP contribution in [0.1, 0.15) is 28.9 Å². The van der Waals surface area contributed by atoms with Crippen LogP contribution in [0.2, 0.25) is 5.02 Å². The highest BCUT2D eigenvalue weighted by Crippen LogP contribution is 2.44. The highest BCUT2D eigenvalue weighted by atomic mass is 35.5. The van der Waals surface area contributed by atoms with E-state index in [4.69, 9.17) is 11.6 Å². The predicted octanol–water partition coefficient (Wildman–Crippen LogP) is 4.16. The number of pyridine rings is 1. The topological polar surface area (TPSA) is 63.0 Å². The van der Waals surface area contributed by atoms with E-state index in [0.29, 0.717) is 17.1 Å². The first-order valence-corrected chi connectivity index (χ1v) is 9.07. The Kier molecular flexibility index (Phi) is 4.23. The van der Waals surface area contributed by atoms with Gasteiger partial charge in [-0.2, -0.15) is 5.10 Å². The molecule has 1 aromatic carbocycles. The van der Waals surface area contributed by atoms with Gasteiger partial charge in [0.1, 0.15) is 0 Å². The van der Waals surface area contributed by atoms with Gasteiger partial charge in [0.25, 0.3) is 5.56 Å². The fourth-order valence-corrected chi connectivity index (χ4v) is 4.07. The first-order valence-electron chi connectivity index (χ1n) is 7.81. The van der Waals surface area contributed by atoms with Gasteiger partial charge in [0.2, 0.25) is 0 Å².